The highest BCUT2D eigenvalue weighted by atomic mass is 32.2. The van der Waals surface area contributed by atoms with Crippen LogP contribution >= 0.6 is 0 Å². The van der Waals surface area contributed by atoms with Crippen molar-refractivity contribution in [3.8, 4) is 0 Å². The molecule has 1 N–H and O–H groups in total. The van der Waals surface area contributed by atoms with Crippen molar-refractivity contribution in [1.82, 2.24) is 15.1 Å². The Kier molecular flexibility index (Phi) is 3.30. The Hall–Kier alpha value is -0.880. The lowest BCUT2D eigenvalue weighted by Gasteiger charge is -2.24. The maximum Gasteiger partial charge on any atom is 0.152 e. The molecule has 1 unspecified atom stereocenters. The summed E-state index contributed by atoms with van der Waals surface area (Å²) in [5.74, 6) is 0.553. The van der Waals surface area contributed by atoms with E-state index in [2.05, 4.69) is 10.4 Å². The molecule has 90 valence electrons. The molecule has 1 aliphatic heterocycles. The average Bonchev–Trinajstić information content (AvgIpc) is 2.65. The largest absolute Gasteiger partial charge is 0.314 e. The van der Waals surface area contributed by atoms with Gasteiger partial charge in [-0.05, 0) is 26.0 Å². The van der Waals surface area contributed by atoms with Crippen LogP contribution in [0.5, 0.6) is 0 Å². The van der Waals surface area contributed by atoms with Gasteiger partial charge >= 0.3 is 0 Å². The smallest absolute Gasteiger partial charge is 0.152 e. The van der Waals surface area contributed by atoms with Gasteiger partial charge in [-0.3, -0.25) is 4.68 Å². The standard InChI is InChI=1S/C10H17N3O2S/c1-11-7-9-4-5-12-13(9)10-3-2-6-16(14,15)8-10/h4-5,10-11H,2-3,6-8H2,1H3. The molecule has 1 aromatic rings. The van der Waals surface area contributed by atoms with Gasteiger partial charge < -0.3 is 5.32 Å². The Labute approximate surface area is 95.8 Å². The first-order valence-corrected chi connectivity index (χ1v) is 7.32. The zero-order valence-electron chi connectivity index (χ0n) is 9.39. The van der Waals surface area contributed by atoms with E-state index in [1.54, 1.807) is 6.20 Å². The van der Waals surface area contributed by atoms with Gasteiger partial charge in [0.25, 0.3) is 0 Å². The molecular formula is C10H17N3O2S. The highest BCUT2D eigenvalue weighted by Crippen LogP contribution is 2.23. The highest BCUT2D eigenvalue weighted by molar-refractivity contribution is 7.91. The number of aromatic nitrogens is 2. The van der Waals surface area contributed by atoms with Crippen LogP contribution in [0.25, 0.3) is 0 Å². The van der Waals surface area contributed by atoms with Crippen molar-refractivity contribution in [2.24, 2.45) is 0 Å². The van der Waals surface area contributed by atoms with Crippen LogP contribution in [0.4, 0.5) is 0 Å². The number of rotatable bonds is 3. The van der Waals surface area contributed by atoms with Crippen molar-refractivity contribution < 1.29 is 8.42 Å². The molecule has 0 saturated carbocycles. The maximum atomic E-state index is 11.6. The van der Waals surface area contributed by atoms with Crippen LogP contribution in [0.2, 0.25) is 0 Å². The van der Waals surface area contributed by atoms with Crippen molar-refractivity contribution in [2.75, 3.05) is 18.6 Å². The first kappa shape index (κ1) is 11.6. The minimum absolute atomic E-state index is 0.0112. The zero-order chi connectivity index (χ0) is 11.6. The molecule has 1 fully saturated rings. The van der Waals surface area contributed by atoms with E-state index in [0.29, 0.717) is 5.75 Å². The van der Waals surface area contributed by atoms with Gasteiger partial charge in [0, 0.05) is 12.7 Å². The van der Waals surface area contributed by atoms with Gasteiger partial charge in [-0.15, -0.1) is 0 Å². The summed E-state index contributed by atoms with van der Waals surface area (Å²) in [6, 6.07) is 1.94. The van der Waals surface area contributed by atoms with Crippen molar-refractivity contribution in [2.45, 2.75) is 25.4 Å². The van der Waals surface area contributed by atoms with Gasteiger partial charge in [-0.25, -0.2) is 8.42 Å². The van der Waals surface area contributed by atoms with Crippen molar-refractivity contribution in [3.05, 3.63) is 18.0 Å². The van der Waals surface area contributed by atoms with Crippen LogP contribution in [0.15, 0.2) is 12.3 Å². The fraction of sp³-hybridized carbons (Fsp3) is 0.700. The first-order chi connectivity index (χ1) is 7.62. The number of nitrogens with one attached hydrogen (secondary N) is 1. The van der Waals surface area contributed by atoms with Crippen molar-refractivity contribution >= 4 is 9.84 Å². The Morgan fingerprint density at radius 1 is 1.62 bits per heavy atom. The van der Waals surface area contributed by atoms with Gasteiger partial charge in [0.2, 0.25) is 0 Å². The van der Waals surface area contributed by atoms with Gasteiger partial charge in [0.15, 0.2) is 9.84 Å². The Balaban J connectivity index is 2.20. The normalized spacial score (nSPS) is 24.4. The van der Waals surface area contributed by atoms with E-state index in [1.165, 1.54) is 0 Å². The van der Waals surface area contributed by atoms with Crippen molar-refractivity contribution in [1.29, 1.82) is 0 Å². The molecule has 1 aliphatic rings. The topological polar surface area (TPSA) is 64.0 Å². The molecule has 0 spiro atoms. The minimum atomic E-state index is -2.87. The fourth-order valence-corrected chi connectivity index (χ4v) is 3.85. The van der Waals surface area contributed by atoms with Crippen LogP contribution in [-0.4, -0.2) is 36.8 Å². The average molecular weight is 243 g/mol. The quantitative estimate of drug-likeness (QED) is 0.832. The van der Waals surface area contributed by atoms with Crippen LogP contribution < -0.4 is 5.32 Å². The Bertz CT molecular complexity index is 452. The van der Waals surface area contributed by atoms with E-state index < -0.39 is 9.84 Å². The lowest BCUT2D eigenvalue weighted by Crippen LogP contribution is -2.29. The Morgan fingerprint density at radius 3 is 3.12 bits per heavy atom. The Morgan fingerprint density at radius 2 is 2.44 bits per heavy atom. The summed E-state index contributed by atoms with van der Waals surface area (Å²) in [5.41, 5.74) is 1.05. The molecule has 2 heterocycles. The summed E-state index contributed by atoms with van der Waals surface area (Å²) >= 11 is 0. The summed E-state index contributed by atoms with van der Waals surface area (Å²) in [7, 11) is -1.00. The molecule has 1 saturated heterocycles. The second-order valence-electron chi connectivity index (χ2n) is 4.21. The monoisotopic (exact) mass is 243 g/mol. The molecule has 16 heavy (non-hydrogen) atoms. The molecule has 5 nitrogen and oxygen atoms in total. The lowest BCUT2D eigenvalue weighted by atomic mass is 10.2. The second-order valence-corrected chi connectivity index (χ2v) is 6.44. The molecule has 6 heteroatoms. The van der Waals surface area contributed by atoms with E-state index in [-0.39, 0.29) is 11.8 Å². The van der Waals surface area contributed by atoms with Crippen LogP contribution in [0.3, 0.4) is 0 Å². The molecule has 0 aromatic carbocycles. The van der Waals surface area contributed by atoms with Gasteiger partial charge in [-0.2, -0.15) is 5.10 Å². The van der Waals surface area contributed by atoms with E-state index >= 15 is 0 Å². The van der Waals surface area contributed by atoms with E-state index in [4.69, 9.17) is 0 Å². The minimum Gasteiger partial charge on any atom is -0.314 e. The third-order valence-electron chi connectivity index (χ3n) is 2.90. The fourth-order valence-electron chi connectivity index (χ4n) is 2.18. The predicted molar refractivity (Wildman–Crippen MR) is 61.9 cm³/mol. The van der Waals surface area contributed by atoms with Crippen molar-refractivity contribution in [3.63, 3.8) is 0 Å². The third-order valence-corrected chi connectivity index (χ3v) is 4.70. The van der Waals surface area contributed by atoms with Crippen LogP contribution in [0, 0.1) is 0 Å². The van der Waals surface area contributed by atoms with Crippen LogP contribution in [-0.2, 0) is 16.4 Å². The number of hydrogen-bond donors (Lipinski definition) is 1. The van der Waals surface area contributed by atoms with Gasteiger partial charge in [0.1, 0.15) is 0 Å². The molecule has 0 bridgehead atoms. The molecule has 0 radical (unpaired) electrons. The number of hydrogen-bond acceptors (Lipinski definition) is 4. The summed E-state index contributed by atoms with van der Waals surface area (Å²) in [6.45, 7) is 0.719. The maximum absolute atomic E-state index is 11.6. The SMILES string of the molecule is CNCc1ccnn1C1CCCS(=O)(=O)C1. The van der Waals surface area contributed by atoms with Crippen LogP contribution in [0.1, 0.15) is 24.6 Å². The van der Waals surface area contributed by atoms with Gasteiger partial charge in [-0.1, -0.05) is 0 Å². The summed E-state index contributed by atoms with van der Waals surface area (Å²) in [4.78, 5) is 0. The zero-order valence-corrected chi connectivity index (χ0v) is 10.2. The lowest BCUT2D eigenvalue weighted by molar-refractivity contribution is 0.419. The summed E-state index contributed by atoms with van der Waals surface area (Å²) in [6.07, 6.45) is 3.37. The second kappa shape index (κ2) is 4.55. The van der Waals surface area contributed by atoms with E-state index in [9.17, 15) is 8.42 Å². The highest BCUT2D eigenvalue weighted by Gasteiger charge is 2.27. The molecule has 0 amide bonds. The molecule has 2 rings (SSSR count). The van der Waals surface area contributed by atoms with E-state index in [1.807, 2.05) is 17.8 Å². The third kappa shape index (κ3) is 2.44. The predicted octanol–water partition coefficient (Wildman–Crippen LogP) is 0.352. The first-order valence-electron chi connectivity index (χ1n) is 5.50. The van der Waals surface area contributed by atoms with Gasteiger partial charge in [0.05, 0.1) is 23.2 Å². The summed E-state index contributed by atoms with van der Waals surface area (Å²) < 4.78 is 25.0. The summed E-state index contributed by atoms with van der Waals surface area (Å²) in [5, 5.41) is 7.30. The number of nitrogens with zero attached hydrogens (tertiary/aromatic N) is 2. The molecular weight excluding hydrogens is 226 g/mol. The van der Waals surface area contributed by atoms with E-state index in [0.717, 1.165) is 25.1 Å². The molecule has 1 atom stereocenters. The molecule has 0 aliphatic carbocycles. The number of sulfone groups is 1. The molecule has 1 aromatic heterocycles.